The van der Waals surface area contributed by atoms with Crippen molar-refractivity contribution >= 4 is 15.9 Å². The van der Waals surface area contributed by atoms with Crippen LogP contribution in [0.25, 0.3) is 0 Å². The van der Waals surface area contributed by atoms with Crippen LogP contribution in [0, 0.1) is 0 Å². The van der Waals surface area contributed by atoms with Crippen molar-refractivity contribution < 1.29 is 0 Å². The maximum Gasteiger partial charge on any atom is 0.0212 e. The van der Waals surface area contributed by atoms with E-state index in [-0.39, 0.29) is 5.54 Å². The highest BCUT2D eigenvalue weighted by molar-refractivity contribution is 9.10. The molecular weight excluding hydrogens is 274 g/mol. The summed E-state index contributed by atoms with van der Waals surface area (Å²) in [4.78, 5) is 0. The third-order valence-electron chi connectivity index (χ3n) is 4.31. The highest BCUT2D eigenvalue weighted by Gasteiger charge is 2.38. The first-order valence-corrected chi connectivity index (χ1v) is 7.53. The second kappa shape index (κ2) is 4.40. The van der Waals surface area contributed by atoms with Crippen LogP contribution in [0.2, 0.25) is 0 Å². The summed E-state index contributed by atoms with van der Waals surface area (Å²) < 4.78 is 1.30. The Morgan fingerprint density at radius 2 is 1.94 bits per heavy atom. The van der Waals surface area contributed by atoms with Crippen molar-refractivity contribution in [2.75, 3.05) is 0 Å². The molecule has 0 spiro atoms. The third-order valence-corrected chi connectivity index (χ3v) is 5.00. The Morgan fingerprint density at radius 1 is 1.24 bits per heavy atom. The van der Waals surface area contributed by atoms with Gasteiger partial charge in [-0.3, -0.25) is 0 Å². The van der Waals surface area contributed by atoms with E-state index in [1.54, 1.807) is 0 Å². The summed E-state index contributed by atoms with van der Waals surface area (Å²) in [6, 6.07) is 6.90. The van der Waals surface area contributed by atoms with Gasteiger partial charge in [0.25, 0.3) is 0 Å². The highest BCUT2D eigenvalue weighted by Crippen LogP contribution is 2.40. The van der Waals surface area contributed by atoms with Crippen molar-refractivity contribution in [2.24, 2.45) is 5.73 Å². The van der Waals surface area contributed by atoms with Gasteiger partial charge in [-0.05, 0) is 55.2 Å². The van der Waals surface area contributed by atoms with Crippen molar-refractivity contribution in [3.8, 4) is 0 Å². The quantitative estimate of drug-likeness (QED) is 0.890. The Balaban J connectivity index is 1.78. The summed E-state index contributed by atoms with van der Waals surface area (Å²) in [7, 11) is 0. The van der Waals surface area contributed by atoms with Gasteiger partial charge in [0.05, 0.1) is 0 Å². The highest BCUT2D eigenvalue weighted by atomic mass is 79.9. The molecule has 2 heteroatoms. The zero-order valence-electron chi connectivity index (χ0n) is 10.2. The molecule has 0 atom stereocenters. The van der Waals surface area contributed by atoms with E-state index in [1.807, 2.05) is 0 Å². The minimum absolute atomic E-state index is 0.119. The van der Waals surface area contributed by atoms with Crippen molar-refractivity contribution in [2.45, 2.75) is 56.4 Å². The first-order chi connectivity index (χ1) is 8.16. The van der Waals surface area contributed by atoms with E-state index in [0.29, 0.717) is 0 Å². The molecule has 0 unspecified atom stereocenters. The van der Waals surface area contributed by atoms with Gasteiger partial charge in [0, 0.05) is 10.0 Å². The molecule has 0 bridgehead atoms. The average Bonchev–Trinajstić information content (AvgIpc) is 2.81. The molecule has 2 fully saturated rings. The number of benzene rings is 1. The van der Waals surface area contributed by atoms with E-state index in [0.717, 1.165) is 12.3 Å². The molecule has 0 heterocycles. The fourth-order valence-corrected chi connectivity index (χ4v) is 3.74. The van der Waals surface area contributed by atoms with Gasteiger partial charge in [0.1, 0.15) is 0 Å². The molecule has 92 valence electrons. The summed E-state index contributed by atoms with van der Waals surface area (Å²) in [5.41, 5.74) is 9.19. The maximum atomic E-state index is 6.17. The summed E-state index contributed by atoms with van der Waals surface area (Å²) >= 11 is 3.74. The lowest BCUT2D eigenvalue weighted by atomic mass is 9.95. The van der Waals surface area contributed by atoms with Crippen molar-refractivity contribution in [3.63, 3.8) is 0 Å². The molecule has 0 amide bonds. The van der Waals surface area contributed by atoms with Crippen LogP contribution in [0.1, 0.15) is 55.6 Å². The molecule has 0 radical (unpaired) electrons. The van der Waals surface area contributed by atoms with Gasteiger partial charge in [-0.15, -0.1) is 0 Å². The molecule has 0 aromatic heterocycles. The third kappa shape index (κ3) is 2.58. The molecule has 2 N–H and O–H groups in total. The lowest BCUT2D eigenvalue weighted by Crippen LogP contribution is -2.24. The molecule has 3 rings (SSSR count). The Kier molecular flexibility index (Phi) is 3.04. The molecule has 2 aliphatic rings. The van der Waals surface area contributed by atoms with Gasteiger partial charge in [-0.2, -0.15) is 0 Å². The SMILES string of the molecule is NC1(Cc2ccc(C3CCCC3)c(Br)c2)CC1. The Hall–Kier alpha value is -0.340. The normalized spacial score (nSPS) is 22.9. The molecule has 17 heavy (non-hydrogen) atoms. The summed E-state index contributed by atoms with van der Waals surface area (Å²) in [5.74, 6) is 0.784. The zero-order valence-corrected chi connectivity index (χ0v) is 11.8. The van der Waals surface area contributed by atoms with Crippen molar-refractivity contribution in [1.29, 1.82) is 0 Å². The molecule has 1 aromatic rings. The van der Waals surface area contributed by atoms with Crippen molar-refractivity contribution in [1.82, 2.24) is 0 Å². The fourth-order valence-electron chi connectivity index (χ4n) is 2.99. The van der Waals surface area contributed by atoms with Gasteiger partial charge in [0.15, 0.2) is 0 Å². The van der Waals surface area contributed by atoms with Gasteiger partial charge < -0.3 is 5.73 Å². The average molecular weight is 294 g/mol. The van der Waals surface area contributed by atoms with Gasteiger partial charge >= 0.3 is 0 Å². The molecule has 1 nitrogen and oxygen atoms in total. The van der Waals surface area contributed by atoms with Crippen LogP contribution in [0.4, 0.5) is 0 Å². The lowest BCUT2D eigenvalue weighted by molar-refractivity contribution is 0.670. The summed E-state index contributed by atoms with van der Waals surface area (Å²) in [5, 5.41) is 0. The Morgan fingerprint density at radius 3 is 2.53 bits per heavy atom. The van der Waals surface area contributed by atoms with Crippen LogP contribution in [0.15, 0.2) is 22.7 Å². The zero-order chi connectivity index (χ0) is 11.9. The monoisotopic (exact) mass is 293 g/mol. The summed E-state index contributed by atoms with van der Waals surface area (Å²) in [6.07, 6.45) is 8.92. The Labute approximate surface area is 112 Å². The van der Waals surface area contributed by atoms with Crippen molar-refractivity contribution in [3.05, 3.63) is 33.8 Å². The molecule has 0 saturated heterocycles. The second-order valence-corrected chi connectivity index (χ2v) is 6.73. The van der Waals surface area contributed by atoms with E-state index in [4.69, 9.17) is 5.73 Å². The largest absolute Gasteiger partial charge is 0.325 e. The van der Waals surface area contributed by atoms with Gasteiger partial charge in [0.2, 0.25) is 0 Å². The first-order valence-electron chi connectivity index (χ1n) is 6.74. The number of hydrogen-bond acceptors (Lipinski definition) is 1. The first kappa shape index (κ1) is 11.7. The predicted molar refractivity (Wildman–Crippen MR) is 75.2 cm³/mol. The second-order valence-electron chi connectivity index (χ2n) is 5.88. The van der Waals surface area contributed by atoms with Crippen LogP contribution in [-0.4, -0.2) is 5.54 Å². The van der Waals surface area contributed by atoms with E-state index in [2.05, 4.69) is 34.1 Å². The minimum Gasteiger partial charge on any atom is -0.325 e. The van der Waals surface area contributed by atoms with Crippen LogP contribution in [0.5, 0.6) is 0 Å². The standard InChI is InChI=1S/C15H20BrN/c16-14-9-11(10-15(17)7-8-15)5-6-13(14)12-3-1-2-4-12/h5-6,9,12H,1-4,7-8,10,17H2. The van der Waals surface area contributed by atoms with Gasteiger partial charge in [-0.25, -0.2) is 0 Å². The topological polar surface area (TPSA) is 26.0 Å². The predicted octanol–water partition coefficient (Wildman–Crippen LogP) is 4.14. The minimum atomic E-state index is 0.119. The van der Waals surface area contributed by atoms with E-state index in [9.17, 15) is 0 Å². The molecule has 2 aliphatic carbocycles. The van der Waals surface area contributed by atoms with Crippen LogP contribution in [-0.2, 0) is 6.42 Å². The molecule has 0 aliphatic heterocycles. The maximum absolute atomic E-state index is 6.17. The smallest absolute Gasteiger partial charge is 0.0212 e. The number of nitrogens with two attached hydrogens (primary N) is 1. The number of halogens is 1. The number of hydrogen-bond donors (Lipinski definition) is 1. The summed E-state index contributed by atoms with van der Waals surface area (Å²) in [6.45, 7) is 0. The van der Waals surface area contributed by atoms with Crippen LogP contribution >= 0.6 is 15.9 Å². The van der Waals surface area contributed by atoms with Crippen LogP contribution in [0.3, 0.4) is 0 Å². The number of rotatable bonds is 3. The molecule has 1 aromatic carbocycles. The van der Waals surface area contributed by atoms with E-state index < -0.39 is 0 Å². The van der Waals surface area contributed by atoms with Gasteiger partial charge in [-0.1, -0.05) is 40.9 Å². The Bertz CT molecular complexity index is 417. The molecular formula is C15H20BrN. The lowest BCUT2D eigenvalue weighted by Gasteiger charge is -2.15. The van der Waals surface area contributed by atoms with E-state index >= 15 is 0 Å². The fraction of sp³-hybridized carbons (Fsp3) is 0.600. The molecule has 2 saturated carbocycles. The van der Waals surface area contributed by atoms with E-state index in [1.165, 1.54) is 54.1 Å². The van der Waals surface area contributed by atoms with Crippen LogP contribution < -0.4 is 5.73 Å².